The summed E-state index contributed by atoms with van der Waals surface area (Å²) in [5.74, 6) is 0.575. The number of benzene rings is 2. The Morgan fingerprint density at radius 2 is 1.85 bits per heavy atom. The molecule has 0 spiro atoms. The topological polar surface area (TPSA) is 100 Å². The van der Waals surface area contributed by atoms with Crippen LogP contribution in [0.1, 0.15) is 5.56 Å². The Morgan fingerprint density at radius 1 is 1.00 bits per heavy atom. The van der Waals surface area contributed by atoms with Crippen molar-refractivity contribution < 1.29 is 0 Å². The molecule has 0 saturated carbocycles. The summed E-state index contributed by atoms with van der Waals surface area (Å²) in [4.78, 5) is 8.98. The first kappa shape index (κ1) is 16.7. The van der Waals surface area contributed by atoms with E-state index >= 15 is 0 Å². The monoisotopic (exact) mass is 354 g/mol. The Morgan fingerprint density at radius 3 is 2.67 bits per heavy atom. The predicted molar refractivity (Wildman–Crippen MR) is 108 cm³/mol. The molecule has 0 aliphatic carbocycles. The SMILES string of the molecule is N=Nc1ccc(-c2ccc(N)cc2)nc1NCc1ccc2ncccc2c1. The van der Waals surface area contributed by atoms with E-state index in [1.54, 1.807) is 12.3 Å². The van der Waals surface area contributed by atoms with E-state index in [1.807, 2.05) is 54.6 Å². The highest BCUT2D eigenvalue weighted by Crippen LogP contribution is 2.28. The highest BCUT2D eigenvalue weighted by Gasteiger charge is 2.08. The van der Waals surface area contributed by atoms with Gasteiger partial charge in [0, 0.05) is 29.4 Å². The molecule has 0 radical (unpaired) electrons. The molecule has 0 unspecified atom stereocenters. The lowest BCUT2D eigenvalue weighted by Crippen LogP contribution is -2.02. The van der Waals surface area contributed by atoms with Gasteiger partial charge >= 0.3 is 0 Å². The van der Waals surface area contributed by atoms with E-state index in [2.05, 4.69) is 26.5 Å². The van der Waals surface area contributed by atoms with Crippen LogP contribution in [-0.2, 0) is 6.54 Å². The molecule has 6 nitrogen and oxygen atoms in total. The van der Waals surface area contributed by atoms with Crippen LogP contribution in [0.5, 0.6) is 0 Å². The van der Waals surface area contributed by atoms with Crippen LogP contribution in [0.2, 0.25) is 0 Å². The van der Waals surface area contributed by atoms with Crippen LogP contribution in [0.3, 0.4) is 0 Å². The van der Waals surface area contributed by atoms with Gasteiger partial charge in [0.15, 0.2) is 5.82 Å². The summed E-state index contributed by atoms with van der Waals surface area (Å²) in [6.07, 6.45) is 1.79. The van der Waals surface area contributed by atoms with Crippen LogP contribution in [0.15, 0.2) is 78.0 Å². The van der Waals surface area contributed by atoms with Crippen molar-refractivity contribution in [3.63, 3.8) is 0 Å². The molecule has 4 aromatic rings. The van der Waals surface area contributed by atoms with Gasteiger partial charge < -0.3 is 11.1 Å². The quantitative estimate of drug-likeness (QED) is 0.341. The molecule has 2 heterocycles. The first-order valence-corrected chi connectivity index (χ1v) is 8.55. The van der Waals surface area contributed by atoms with Crippen molar-refractivity contribution in [1.82, 2.24) is 9.97 Å². The Bertz CT molecular complexity index is 1110. The largest absolute Gasteiger partial charge is 0.399 e. The maximum absolute atomic E-state index is 7.40. The van der Waals surface area contributed by atoms with Crippen LogP contribution in [0.4, 0.5) is 17.2 Å². The summed E-state index contributed by atoms with van der Waals surface area (Å²) in [6, 6.07) is 21.3. The molecule has 0 bridgehead atoms. The van der Waals surface area contributed by atoms with Crippen LogP contribution in [0, 0.1) is 5.53 Å². The first-order chi connectivity index (χ1) is 13.2. The second kappa shape index (κ2) is 7.21. The number of hydrogen-bond acceptors (Lipinski definition) is 6. The molecular weight excluding hydrogens is 336 g/mol. The zero-order valence-electron chi connectivity index (χ0n) is 14.6. The molecule has 2 aromatic carbocycles. The minimum absolute atomic E-state index is 0.497. The molecule has 0 aliphatic rings. The Kier molecular flexibility index (Phi) is 4.45. The lowest BCUT2D eigenvalue weighted by Gasteiger charge is -2.11. The van der Waals surface area contributed by atoms with Gasteiger partial charge in [-0.1, -0.05) is 24.3 Å². The molecule has 27 heavy (non-hydrogen) atoms. The maximum Gasteiger partial charge on any atom is 0.154 e. The van der Waals surface area contributed by atoms with Crippen molar-refractivity contribution in [2.24, 2.45) is 5.11 Å². The molecular formula is C21H18N6. The maximum atomic E-state index is 7.40. The highest BCUT2D eigenvalue weighted by molar-refractivity contribution is 5.79. The second-order valence-corrected chi connectivity index (χ2v) is 6.18. The van der Waals surface area contributed by atoms with E-state index in [9.17, 15) is 0 Å². The van der Waals surface area contributed by atoms with Gasteiger partial charge in [0.25, 0.3) is 0 Å². The molecule has 6 heteroatoms. The molecule has 4 rings (SSSR count). The molecule has 0 fully saturated rings. The minimum atomic E-state index is 0.497. The summed E-state index contributed by atoms with van der Waals surface area (Å²) in [5, 5.41) is 7.96. The normalized spacial score (nSPS) is 10.7. The van der Waals surface area contributed by atoms with Crippen molar-refractivity contribution in [2.75, 3.05) is 11.1 Å². The molecule has 2 aromatic heterocycles. The standard InChI is InChI=1S/C21H18N6/c22-17-6-4-15(5-7-17)19-9-10-20(27-23)21(26-19)25-13-14-3-8-18-16(12-14)2-1-11-24-18/h1-12,23H,13,22H2,(H,25,26). The van der Waals surface area contributed by atoms with E-state index in [0.717, 1.165) is 27.7 Å². The van der Waals surface area contributed by atoms with Gasteiger partial charge in [0.2, 0.25) is 0 Å². The molecule has 132 valence electrons. The minimum Gasteiger partial charge on any atom is -0.399 e. The number of rotatable bonds is 5. The van der Waals surface area contributed by atoms with Crippen molar-refractivity contribution in [3.05, 3.63) is 78.5 Å². The van der Waals surface area contributed by atoms with Crippen molar-refractivity contribution >= 4 is 28.1 Å². The smallest absolute Gasteiger partial charge is 0.154 e. The van der Waals surface area contributed by atoms with Gasteiger partial charge in [0.05, 0.1) is 11.2 Å². The van der Waals surface area contributed by atoms with Crippen LogP contribution in [-0.4, -0.2) is 9.97 Å². The Labute approximate surface area is 156 Å². The average Bonchev–Trinajstić information content (AvgIpc) is 2.72. The summed E-state index contributed by atoms with van der Waals surface area (Å²) >= 11 is 0. The van der Waals surface area contributed by atoms with E-state index in [1.165, 1.54) is 0 Å². The summed E-state index contributed by atoms with van der Waals surface area (Å²) in [5.41, 5.74) is 18.2. The summed E-state index contributed by atoms with van der Waals surface area (Å²) < 4.78 is 0. The number of nitrogens with zero attached hydrogens (tertiary/aromatic N) is 3. The number of fused-ring (bicyclic) bond motifs is 1. The first-order valence-electron chi connectivity index (χ1n) is 8.55. The molecule has 0 amide bonds. The van der Waals surface area contributed by atoms with E-state index in [0.29, 0.717) is 23.7 Å². The fourth-order valence-electron chi connectivity index (χ4n) is 2.91. The molecule has 0 saturated heterocycles. The third-order valence-corrected chi connectivity index (χ3v) is 4.33. The lowest BCUT2D eigenvalue weighted by molar-refractivity contribution is 1.08. The van der Waals surface area contributed by atoms with E-state index < -0.39 is 0 Å². The van der Waals surface area contributed by atoms with E-state index in [-0.39, 0.29) is 0 Å². The fraction of sp³-hybridized carbons (Fsp3) is 0.0476. The van der Waals surface area contributed by atoms with Gasteiger partial charge in [-0.25, -0.2) is 10.5 Å². The molecule has 0 atom stereocenters. The third-order valence-electron chi connectivity index (χ3n) is 4.33. The zero-order chi connectivity index (χ0) is 18.6. The van der Waals surface area contributed by atoms with Gasteiger partial charge in [-0.05, 0) is 48.0 Å². The van der Waals surface area contributed by atoms with Crippen molar-refractivity contribution in [2.45, 2.75) is 6.54 Å². The van der Waals surface area contributed by atoms with Crippen molar-refractivity contribution in [1.29, 1.82) is 5.53 Å². The number of nitrogens with one attached hydrogen (secondary N) is 2. The third kappa shape index (κ3) is 3.59. The molecule has 0 aliphatic heterocycles. The number of hydrogen-bond donors (Lipinski definition) is 3. The number of nitrogen functional groups attached to an aromatic ring is 1. The Hall–Kier alpha value is -3.80. The van der Waals surface area contributed by atoms with Gasteiger partial charge in [0.1, 0.15) is 5.69 Å². The van der Waals surface area contributed by atoms with E-state index in [4.69, 9.17) is 11.3 Å². The van der Waals surface area contributed by atoms with Crippen molar-refractivity contribution in [3.8, 4) is 11.3 Å². The van der Waals surface area contributed by atoms with Crippen LogP contribution in [0.25, 0.3) is 22.2 Å². The number of aromatic nitrogens is 2. The number of pyridine rings is 2. The average molecular weight is 354 g/mol. The van der Waals surface area contributed by atoms with Gasteiger partial charge in [-0.2, -0.15) is 5.11 Å². The molecule has 4 N–H and O–H groups in total. The Balaban J connectivity index is 1.60. The predicted octanol–water partition coefficient (Wildman–Crippen LogP) is 5.15. The number of anilines is 2. The zero-order valence-corrected chi connectivity index (χ0v) is 14.6. The lowest BCUT2D eigenvalue weighted by atomic mass is 10.1. The van der Waals surface area contributed by atoms with Gasteiger partial charge in [-0.15, -0.1) is 0 Å². The highest BCUT2D eigenvalue weighted by atomic mass is 15.1. The second-order valence-electron chi connectivity index (χ2n) is 6.18. The fourth-order valence-corrected chi connectivity index (χ4v) is 2.91. The van der Waals surface area contributed by atoms with Crippen LogP contribution >= 0.6 is 0 Å². The number of nitrogens with two attached hydrogens (primary N) is 1. The summed E-state index contributed by atoms with van der Waals surface area (Å²) in [7, 11) is 0. The van der Waals surface area contributed by atoms with Gasteiger partial charge in [-0.3, -0.25) is 4.98 Å². The van der Waals surface area contributed by atoms with Crippen LogP contribution < -0.4 is 11.1 Å². The summed E-state index contributed by atoms with van der Waals surface area (Å²) in [6.45, 7) is 0.575.